The number of aliphatic imine (C=N–C) groups is 1. The third-order valence-corrected chi connectivity index (χ3v) is 7.57. The van der Waals surface area contributed by atoms with Crippen LogP contribution in [0.1, 0.15) is 76.7 Å². The summed E-state index contributed by atoms with van der Waals surface area (Å²) in [6.45, 7) is 3.77. The van der Waals surface area contributed by atoms with Gasteiger partial charge in [-0.2, -0.15) is 8.42 Å². The van der Waals surface area contributed by atoms with Crippen molar-refractivity contribution in [3.8, 4) is 0 Å². The summed E-state index contributed by atoms with van der Waals surface area (Å²) < 4.78 is 29.0. The number of benzene rings is 1. The molecule has 2 atom stereocenters. The largest absolute Gasteiger partial charge is 0.288 e. The van der Waals surface area contributed by atoms with Gasteiger partial charge >= 0.3 is 0 Å². The van der Waals surface area contributed by atoms with Crippen molar-refractivity contribution in [3.05, 3.63) is 35.9 Å². The lowest BCUT2D eigenvalue weighted by molar-refractivity contribution is 0.235. The zero-order valence-corrected chi connectivity index (χ0v) is 19.2. The highest BCUT2D eigenvalue weighted by Crippen LogP contribution is 2.41. The molecule has 2 unspecified atom stereocenters. The molecule has 3 fully saturated rings. The molecule has 4 rings (SSSR count). The molecule has 5 nitrogen and oxygen atoms in total. The van der Waals surface area contributed by atoms with Crippen LogP contribution in [0.4, 0.5) is 0 Å². The maximum Gasteiger partial charge on any atom is 0.278 e. The van der Waals surface area contributed by atoms with Gasteiger partial charge in [0.25, 0.3) is 10.1 Å². The molecular weight excluding hydrogens is 396 g/mol. The van der Waals surface area contributed by atoms with E-state index in [1.165, 1.54) is 62.6 Å². The van der Waals surface area contributed by atoms with Crippen LogP contribution in [0.15, 0.2) is 35.3 Å². The van der Waals surface area contributed by atoms with Crippen molar-refractivity contribution in [1.82, 2.24) is 4.90 Å². The van der Waals surface area contributed by atoms with E-state index in [1.807, 2.05) is 0 Å². The topological polar surface area (TPSA) is 70.0 Å². The molecule has 0 spiro atoms. The molecule has 0 radical (unpaired) electrons. The van der Waals surface area contributed by atoms with E-state index in [0.29, 0.717) is 6.04 Å². The normalized spacial score (nSPS) is 26.4. The summed E-state index contributed by atoms with van der Waals surface area (Å²) in [5.41, 5.74) is 2.53. The third-order valence-electron chi connectivity index (χ3n) is 6.88. The molecule has 1 aromatic rings. The summed E-state index contributed by atoms with van der Waals surface area (Å²) in [5, 5.41) is 0. The summed E-state index contributed by atoms with van der Waals surface area (Å²) in [6.07, 6.45) is 13.5. The lowest BCUT2D eigenvalue weighted by Crippen LogP contribution is -2.26. The first kappa shape index (κ1) is 23.4. The second-order valence-corrected chi connectivity index (χ2v) is 10.6. The molecule has 1 heterocycles. The first-order chi connectivity index (χ1) is 14.4. The van der Waals surface area contributed by atoms with Crippen molar-refractivity contribution in [2.75, 3.05) is 19.0 Å². The van der Waals surface area contributed by atoms with Crippen LogP contribution in [0.3, 0.4) is 0 Å². The predicted octanol–water partition coefficient (Wildman–Crippen LogP) is 5.17. The minimum absolute atomic E-state index is 0.201. The average Bonchev–Trinajstić information content (AvgIpc) is 3.40. The zero-order chi connectivity index (χ0) is 21.4. The van der Waals surface area contributed by atoms with Crippen LogP contribution < -0.4 is 0 Å². The van der Waals surface area contributed by atoms with Crippen LogP contribution in [0.2, 0.25) is 0 Å². The molecular formula is C24H38N2O3S. The molecule has 6 heteroatoms. The smallest absolute Gasteiger partial charge is 0.278 e. The van der Waals surface area contributed by atoms with Gasteiger partial charge < -0.3 is 0 Å². The van der Waals surface area contributed by atoms with Gasteiger partial charge in [0.15, 0.2) is 0 Å². The number of rotatable bonds is 5. The Kier molecular flexibility index (Phi) is 8.90. The maximum absolute atomic E-state index is 10.3. The van der Waals surface area contributed by atoms with Crippen molar-refractivity contribution < 1.29 is 13.0 Å². The fourth-order valence-corrected chi connectivity index (χ4v) is 6.11. The monoisotopic (exact) mass is 434 g/mol. The number of hydrogen-bond acceptors (Lipinski definition) is 4. The van der Waals surface area contributed by atoms with Crippen molar-refractivity contribution in [3.63, 3.8) is 0 Å². The van der Waals surface area contributed by atoms with E-state index in [9.17, 15) is 8.42 Å². The van der Waals surface area contributed by atoms with E-state index in [1.54, 1.807) is 4.90 Å². The van der Waals surface area contributed by atoms with E-state index in [2.05, 4.69) is 37.3 Å². The van der Waals surface area contributed by atoms with Crippen LogP contribution in [0.5, 0.6) is 0 Å². The minimum atomic E-state index is -3.78. The Morgan fingerprint density at radius 2 is 1.63 bits per heavy atom. The van der Waals surface area contributed by atoms with Crippen LogP contribution in [-0.2, 0) is 10.1 Å². The molecule has 3 aliphatic rings. The Morgan fingerprint density at radius 1 is 0.967 bits per heavy atom. The van der Waals surface area contributed by atoms with Gasteiger partial charge in [-0.3, -0.25) is 14.4 Å². The van der Waals surface area contributed by atoms with Crippen LogP contribution in [0, 0.1) is 11.8 Å². The molecule has 0 bridgehead atoms. The van der Waals surface area contributed by atoms with Crippen molar-refractivity contribution >= 4 is 15.8 Å². The SMILES string of the molecule is CC(=NC1CCCC1C1CCCCC1)c1ccccc1.O=S(=O)(O)CN1CCCC1. The van der Waals surface area contributed by atoms with Gasteiger partial charge in [-0.15, -0.1) is 0 Å². The lowest BCUT2D eigenvalue weighted by atomic mass is 9.78. The predicted molar refractivity (Wildman–Crippen MR) is 124 cm³/mol. The Balaban J connectivity index is 0.000000216. The molecule has 2 aliphatic carbocycles. The fourth-order valence-electron chi connectivity index (χ4n) is 5.39. The summed E-state index contributed by atoms with van der Waals surface area (Å²) in [5.74, 6) is 1.63. The summed E-state index contributed by atoms with van der Waals surface area (Å²) in [4.78, 5) is 6.85. The molecule has 1 aliphatic heterocycles. The van der Waals surface area contributed by atoms with E-state index >= 15 is 0 Å². The van der Waals surface area contributed by atoms with Crippen LogP contribution in [-0.4, -0.2) is 48.6 Å². The van der Waals surface area contributed by atoms with E-state index in [0.717, 1.165) is 37.8 Å². The third kappa shape index (κ3) is 7.47. The maximum atomic E-state index is 10.3. The highest BCUT2D eigenvalue weighted by atomic mass is 32.2. The zero-order valence-electron chi connectivity index (χ0n) is 18.4. The Morgan fingerprint density at radius 3 is 2.27 bits per heavy atom. The van der Waals surface area contributed by atoms with Crippen molar-refractivity contribution in [2.45, 2.75) is 77.2 Å². The van der Waals surface area contributed by atoms with Crippen LogP contribution >= 0.6 is 0 Å². The van der Waals surface area contributed by atoms with Gasteiger partial charge in [-0.05, 0) is 63.1 Å². The second-order valence-electron chi connectivity index (χ2n) is 9.18. The van der Waals surface area contributed by atoms with Crippen molar-refractivity contribution in [2.24, 2.45) is 16.8 Å². The van der Waals surface area contributed by atoms with Gasteiger partial charge in [-0.25, -0.2) is 0 Å². The summed E-state index contributed by atoms with van der Waals surface area (Å²) >= 11 is 0. The minimum Gasteiger partial charge on any atom is -0.288 e. The second kappa shape index (κ2) is 11.4. The summed E-state index contributed by atoms with van der Waals surface area (Å²) in [6, 6.07) is 11.3. The first-order valence-corrected chi connectivity index (χ1v) is 13.3. The molecule has 168 valence electrons. The van der Waals surface area contributed by atoms with E-state index in [4.69, 9.17) is 9.55 Å². The Labute approximate surface area is 182 Å². The standard InChI is InChI=1S/C19H27N.C5H11NO3S/c1-15(16-9-4-2-5-10-16)20-19-14-8-13-18(19)17-11-6-3-7-12-17;7-10(8,9)5-6-3-1-2-4-6/h2,4-5,9-10,17-19H,3,6-8,11-14H2,1H3;1-5H2,(H,7,8,9). The molecule has 0 aromatic heterocycles. The average molecular weight is 435 g/mol. The molecule has 1 aromatic carbocycles. The van der Waals surface area contributed by atoms with Gasteiger partial charge in [0.2, 0.25) is 0 Å². The molecule has 30 heavy (non-hydrogen) atoms. The highest BCUT2D eigenvalue weighted by molar-refractivity contribution is 7.85. The number of nitrogens with zero attached hydrogens (tertiary/aromatic N) is 2. The Hall–Kier alpha value is -1.24. The van der Waals surface area contributed by atoms with Gasteiger partial charge in [0, 0.05) is 5.71 Å². The summed E-state index contributed by atoms with van der Waals surface area (Å²) in [7, 11) is -3.78. The molecule has 0 amide bonds. The van der Waals surface area contributed by atoms with E-state index in [-0.39, 0.29) is 5.88 Å². The van der Waals surface area contributed by atoms with Crippen LogP contribution in [0.25, 0.3) is 0 Å². The number of hydrogen-bond donors (Lipinski definition) is 1. The lowest BCUT2D eigenvalue weighted by Gasteiger charge is -2.30. The van der Waals surface area contributed by atoms with Crippen molar-refractivity contribution in [1.29, 1.82) is 0 Å². The fraction of sp³-hybridized carbons (Fsp3) is 0.708. The Bertz CT molecular complexity index is 767. The van der Waals surface area contributed by atoms with Gasteiger partial charge in [0.05, 0.1) is 6.04 Å². The van der Waals surface area contributed by atoms with Gasteiger partial charge in [-0.1, -0.05) is 68.9 Å². The first-order valence-electron chi connectivity index (χ1n) is 11.7. The molecule has 1 N–H and O–H groups in total. The van der Waals surface area contributed by atoms with E-state index < -0.39 is 10.1 Å². The molecule has 1 saturated heterocycles. The number of likely N-dealkylation sites (tertiary alicyclic amines) is 1. The quantitative estimate of drug-likeness (QED) is 0.512. The highest BCUT2D eigenvalue weighted by Gasteiger charge is 2.34. The van der Waals surface area contributed by atoms with Gasteiger partial charge in [0.1, 0.15) is 5.88 Å². The molecule has 2 saturated carbocycles.